The van der Waals surface area contributed by atoms with Crippen LogP contribution in [0.2, 0.25) is 0 Å². The maximum atomic E-state index is 12.1. The number of carbonyl (C=O) groups excluding carboxylic acids is 1. The van der Waals surface area contributed by atoms with Crippen LogP contribution < -0.4 is 0 Å². The Morgan fingerprint density at radius 3 is 1.75 bits per heavy atom. The fourth-order valence-electron chi connectivity index (χ4n) is 0.325. The van der Waals surface area contributed by atoms with Gasteiger partial charge in [-0.3, -0.25) is 9.53 Å². The highest BCUT2D eigenvalue weighted by Crippen LogP contribution is 2.36. The molecule has 0 aliphatic heterocycles. The molecule has 0 saturated carbocycles. The van der Waals surface area contributed by atoms with E-state index in [2.05, 4.69) is 4.74 Å². The zero-order valence-corrected chi connectivity index (χ0v) is 5.29. The third-order valence-corrected chi connectivity index (χ3v) is 0.871. The minimum absolute atomic E-state index is 2.26. The zero-order valence-electron chi connectivity index (χ0n) is 5.29. The Hall–Kier alpha value is -0.790. The average molecular weight is 196 g/mol. The van der Waals surface area contributed by atoms with E-state index in [1.165, 1.54) is 0 Å². The molecule has 0 aromatic rings. The van der Waals surface area contributed by atoms with E-state index < -0.39 is 24.9 Å². The van der Waals surface area contributed by atoms with Crippen molar-refractivity contribution in [2.24, 2.45) is 0 Å². The van der Waals surface area contributed by atoms with Gasteiger partial charge in [-0.1, -0.05) is 0 Å². The van der Waals surface area contributed by atoms with Crippen LogP contribution in [0.5, 0.6) is 0 Å². The Balaban J connectivity index is 4.75. The van der Waals surface area contributed by atoms with Crippen molar-refractivity contribution in [3.05, 3.63) is 0 Å². The lowest BCUT2D eigenvalue weighted by Gasteiger charge is -2.20. The molecule has 1 atom stereocenters. The molecule has 0 heterocycles. The second-order valence-electron chi connectivity index (χ2n) is 1.62. The normalized spacial score (nSPS) is 17.2. The summed E-state index contributed by atoms with van der Waals surface area (Å²) < 4.78 is 71.5. The molecule has 2 nitrogen and oxygen atoms in total. The molecular weight excluding hydrogens is 194 g/mol. The van der Waals surface area contributed by atoms with Gasteiger partial charge in [-0.25, -0.2) is 4.39 Å². The van der Waals surface area contributed by atoms with Gasteiger partial charge in [0.2, 0.25) is 0 Å². The van der Waals surface area contributed by atoms with Gasteiger partial charge < -0.3 is 0 Å². The van der Waals surface area contributed by atoms with Crippen LogP contribution in [0.25, 0.3) is 0 Å². The van der Waals surface area contributed by atoms with E-state index in [0.29, 0.717) is 0 Å². The van der Waals surface area contributed by atoms with E-state index >= 15 is 0 Å². The highest BCUT2D eigenvalue weighted by molar-refractivity contribution is 5.77. The molecular formula is C4H2F6O2. The third kappa shape index (κ3) is 1.87. The molecule has 0 aromatic heterocycles. The molecule has 8 heteroatoms. The molecule has 0 aliphatic rings. The van der Waals surface area contributed by atoms with Crippen molar-refractivity contribution in [1.82, 2.24) is 0 Å². The van der Waals surface area contributed by atoms with Crippen LogP contribution in [0.15, 0.2) is 0 Å². The number of rotatable bonds is 3. The number of hydrogen-bond donors (Lipinski definition) is 0. The molecule has 0 radical (unpaired) electrons. The Kier molecular flexibility index (Phi) is 3.08. The first-order valence-corrected chi connectivity index (χ1v) is 2.41. The van der Waals surface area contributed by atoms with Crippen LogP contribution >= 0.6 is 0 Å². The zero-order chi connectivity index (χ0) is 9.99. The topological polar surface area (TPSA) is 26.3 Å². The van der Waals surface area contributed by atoms with Crippen molar-refractivity contribution in [3.8, 4) is 0 Å². The number of carbonyl (C=O) groups is 1. The average Bonchev–Trinajstić information content (AvgIpc) is 1.85. The minimum atomic E-state index is -5.93. The Morgan fingerprint density at radius 1 is 1.25 bits per heavy atom. The molecule has 72 valence electrons. The fraction of sp³-hybridized carbons (Fsp3) is 0.750. The molecule has 0 rings (SSSR count). The van der Waals surface area contributed by atoms with Gasteiger partial charge in [-0.2, -0.15) is 22.0 Å². The molecule has 0 bridgehead atoms. The van der Waals surface area contributed by atoms with E-state index in [-0.39, 0.29) is 0 Å². The maximum absolute atomic E-state index is 12.1. The lowest BCUT2D eigenvalue weighted by Crippen LogP contribution is -2.48. The first kappa shape index (κ1) is 11.2. The van der Waals surface area contributed by atoms with Gasteiger partial charge >= 0.3 is 18.1 Å². The Labute approximate surface area is 62.1 Å². The van der Waals surface area contributed by atoms with Crippen molar-refractivity contribution < 1.29 is 35.9 Å². The van der Waals surface area contributed by atoms with Gasteiger partial charge in [0.25, 0.3) is 0 Å². The van der Waals surface area contributed by atoms with E-state index in [9.17, 15) is 31.1 Å². The van der Waals surface area contributed by atoms with Crippen LogP contribution in [0.1, 0.15) is 0 Å². The fourth-order valence-corrected chi connectivity index (χ4v) is 0.325. The summed E-state index contributed by atoms with van der Waals surface area (Å²) in [7, 11) is 0. The van der Waals surface area contributed by atoms with Crippen LogP contribution in [0.3, 0.4) is 0 Å². The molecule has 0 saturated heterocycles. The summed E-state index contributed by atoms with van der Waals surface area (Å²) in [4.78, 5) is 9.45. The highest BCUT2D eigenvalue weighted by atomic mass is 19.4. The van der Waals surface area contributed by atoms with Crippen molar-refractivity contribution in [2.75, 3.05) is 6.86 Å². The number of alkyl halides is 5. The van der Waals surface area contributed by atoms with Gasteiger partial charge in [0.1, 0.15) is 0 Å². The third-order valence-electron chi connectivity index (χ3n) is 0.871. The summed E-state index contributed by atoms with van der Waals surface area (Å²) in [6, 6.07) is -3.44. The summed E-state index contributed by atoms with van der Waals surface area (Å²) in [5.41, 5.74) is 0. The minimum Gasteiger partial charge on any atom is -0.299 e. The van der Waals surface area contributed by atoms with E-state index in [0.717, 1.165) is 0 Å². The van der Waals surface area contributed by atoms with Gasteiger partial charge in [-0.15, -0.1) is 0 Å². The molecule has 1 unspecified atom stereocenters. The van der Waals surface area contributed by atoms with E-state index in [1.807, 2.05) is 0 Å². The summed E-state index contributed by atoms with van der Waals surface area (Å²) in [6.07, 6.45) is -5.93. The molecule has 0 amide bonds. The Morgan fingerprint density at radius 2 is 1.67 bits per heavy atom. The van der Waals surface area contributed by atoms with Gasteiger partial charge in [0, 0.05) is 0 Å². The van der Waals surface area contributed by atoms with E-state index in [4.69, 9.17) is 0 Å². The number of halogens is 6. The second-order valence-corrected chi connectivity index (χ2v) is 1.62. The van der Waals surface area contributed by atoms with E-state index in [1.54, 1.807) is 0 Å². The summed E-state index contributed by atoms with van der Waals surface area (Å²) >= 11 is 0. The van der Waals surface area contributed by atoms with Crippen LogP contribution in [0, 0.1) is 0 Å². The van der Waals surface area contributed by atoms with Gasteiger partial charge in [0.15, 0.2) is 6.86 Å². The number of ether oxygens (including phenoxy) is 1. The maximum Gasteiger partial charge on any atom is 0.459 e. The van der Waals surface area contributed by atoms with Crippen LogP contribution in [-0.2, 0) is 9.53 Å². The van der Waals surface area contributed by atoms with Crippen molar-refractivity contribution >= 4 is 6.04 Å². The number of hydrogen-bond acceptors (Lipinski definition) is 2. The quantitative estimate of drug-likeness (QED) is 0.506. The predicted octanol–water partition coefficient (Wildman–Crippen LogP) is 1.65. The first-order valence-electron chi connectivity index (χ1n) is 2.41. The molecule has 0 spiro atoms. The highest BCUT2D eigenvalue weighted by Gasteiger charge is 2.64. The van der Waals surface area contributed by atoms with Gasteiger partial charge in [0.05, 0.1) is 0 Å². The first-order chi connectivity index (χ1) is 5.25. The largest absolute Gasteiger partial charge is 0.459 e. The van der Waals surface area contributed by atoms with Crippen LogP contribution in [0.4, 0.5) is 26.3 Å². The predicted molar refractivity (Wildman–Crippen MR) is 23.1 cm³/mol. The SMILES string of the molecule is O=C(F)C(F)(OCF)C(F)(F)F. The second kappa shape index (κ2) is 3.30. The molecule has 0 aromatic carbocycles. The Bertz CT molecular complexity index is 177. The van der Waals surface area contributed by atoms with Crippen molar-refractivity contribution in [2.45, 2.75) is 12.0 Å². The smallest absolute Gasteiger partial charge is 0.299 e. The summed E-state index contributed by atoms with van der Waals surface area (Å²) in [5, 5.41) is 0. The lowest BCUT2D eigenvalue weighted by molar-refractivity contribution is -0.326. The van der Waals surface area contributed by atoms with Crippen LogP contribution in [-0.4, -0.2) is 24.9 Å². The monoisotopic (exact) mass is 196 g/mol. The van der Waals surface area contributed by atoms with Crippen molar-refractivity contribution in [1.29, 1.82) is 0 Å². The molecule has 0 N–H and O–H groups in total. The summed E-state index contributed by atoms with van der Waals surface area (Å²) in [6.45, 7) is -2.26. The standard InChI is InChI=1S/C4H2F6O2/c5-1-12-3(7,2(6)11)4(8,9)10/h1H2. The molecule has 0 fully saturated rings. The van der Waals surface area contributed by atoms with Crippen molar-refractivity contribution in [3.63, 3.8) is 0 Å². The molecule has 0 aliphatic carbocycles. The lowest BCUT2D eigenvalue weighted by atomic mass is 10.3. The molecule has 12 heavy (non-hydrogen) atoms. The summed E-state index contributed by atoms with van der Waals surface area (Å²) in [5.74, 6) is -5.19. The van der Waals surface area contributed by atoms with Gasteiger partial charge in [-0.05, 0) is 0 Å².